The van der Waals surface area contributed by atoms with Crippen LogP contribution in [0.4, 0.5) is 10.1 Å². The SMILES string of the molecule is CCOc1cc(/C=C2/SC(=Nc3ccc(F)cc3)NC2=O)cc(I)c1OCC. The normalized spacial score (nSPS) is 16.5. The predicted octanol–water partition coefficient (Wildman–Crippen LogP) is 5.12. The summed E-state index contributed by atoms with van der Waals surface area (Å²) >= 11 is 3.43. The molecule has 1 N–H and O–H groups in total. The average Bonchev–Trinajstić information content (AvgIpc) is 2.99. The van der Waals surface area contributed by atoms with Crippen molar-refractivity contribution in [2.24, 2.45) is 4.99 Å². The number of ether oxygens (including phenoxy) is 2. The molecule has 28 heavy (non-hydrogen) atoms. The molecule has 1 aliphatic heterocycles. The van der Waals surface area contributed by atoms with Crippen molar-refractivity contribution in [3.05, 3.63) is 56.3 Å². The van der Waals surface area contributed by atoms with E-state index in [0.717, 1.165) is 9.13 Å². The fraction of sp³-hybridized carbons (Fsp3) is 0.200. The fourth-order valence-corrected chi connectivity index (χ4v) is 4.11. The zero-order valence-corrected chi connectivity index (χ0v) is 18.3. The van der Waals surface area contributed by atoms with Crippen LogP contribution >= 0.6 is 34.4 Å². The number of rotatable bonds is 6. The number of amidine groups is 1. The lowest BCUT2D eigenvalue weighted by Gasteiger charge is -2.13. The molecule has 1 saturated heterocycles. The second-order valence-corrected chi connectivity index (χ2v) is 7.85. The van der Waals surface area contributed by atoms with Crippen LogP contribution in [-0.2, 0) is 4.79 Å². The molecule has 1 fully saturated rings. The lowest BCUT2D eigenvalue weighted by atomic mass is 10.2. The van der Waals surface area contributed by atoms with Gasteiger partial charge in [0, 0.05) is 0 Å². The molecule has 1 aliphatic rings. The number of nitrogens with zero attached hydrogens (tertiary/aromatic N) is 1. The van der Waals surface area contributed by atoms with Gasteiger partial charge in [0.2, 0.25) is 0 Å². The Bertz CT molecular complexity index is 945. The van der Waals surface area contributed by atoms with Crippen molar-refractivity contribution in [3.63, 3.8) is 0 Å². The van der Waals surface area contributed by atoms with E-state index in [1.54, 1.807) is 18.2 Å². The summed E-state index contributed by atoms with van der Waals surface area (Å²) in [5.74, 6) is 0.788. The number of benzene rings is 2. The molecule has 0 aliphatic carbocycles. The van der Waals surface area contributed by atoms with Gasteiger partial charge in [0.05, 0.1) is 27.4 Å². The van der Waals surface area contributed by atoms with Gasteiger partial charge in [0.1, 0.15) is 5.82 Å². The Labute approximate surface area is 180 Å². The molecule has 0 spiro atoms. The van der Waals surface area contributed by atoms with Crippen LogP contribution in [0.25, 0.3) is 6.08 Å². The van der Waals surface area contributed by atoms with Crippen LogP contribution in [0.2, 0.25) is 0 Å². The highest BCUT2D eigenvalue weighted by Gasteiger charge is 2.24. The van der Waals surface area contributed by atoms with E-state index in [1.165, 1.54) is 23.9 Å². The van der Waals surface area contributed by atoms with Gasteiger partial charge in [-0.15, -0.1) is 0 Å². The van der Waals surface area contributed by atoms with E-state index in [0.29, 0.717) is 40.5 Å². The number of carbonyl (C=O) groups is 1. The van der Waals surface area contributed by atoms with Crippen molar-refractivity contribution in [1.82, 2.24) is 5.32 Å². The summed E-state index contributed by atoms with van der Waals surface area (Å²) in [7, 11) is 0. The Morgan fingerprint density at radius 1 is 1.18 bits per heavy atom. The van der Waals surface area contributed by atoms with Gasteiger partial charge in [-0.3, -0.25) is 4.79 Å². The van der Waals surface area contributed by atoms with Crippen molar-refractivity contribution in [2.75, 3.05) is 13.2 Å². The number of hydrogen-bond acceptors (Lipinski definition) is 5. The first-order valence-electron chi connectivity index (χ1n) is 8.64. The van der Waals surface area contributed by atoms with E-state index in [-0.39, 0.29) is 11.7 Å². The summed E-state index contributed by atoms with van der Waals surface area (Å²) in [4.78, 5) is 17.2. The predicted molar refractivity (Wildman–Crippen MR) is 119 cm³/mol. The van der Waals surface area contributed by atoms with Crippen LogP contribution < -0.4 is 14.8 Å². The average molecular weight is 512 g/mol. The molecule has 0 aromatic heterocycles. The summed E-state index contributed by atoms with van der Waals surface area (Å²) in [5, 5.41) is 3.18. The van der Waals surface area contributed by atoms with E-state index in [2.05, 4.69) is 32.9 Å². The number of amides is 1. The first kappa shape index (κ1) is 20.7. The number of nitrogens with one attached hydrogen (secondary N) is 1. The quantitative estimate of drug-likeness (QED) is 0.432. The van der Waals surface area contributed by atoms with Crippen LogP contribution in [-0.4, -0.2) is 24.3 Å². The van der Waals surface area contributed by atoms with E-state index >= 15 is 0 Å². The molecular formula is C20H18FIN2O3S. The second-order valence-electron chi connectivity index (χ2n) is 5.65. The molecule has 2 aromatic carbocycles. The van der Waals surface area contributed by atoms with Crippen molar-refractivity contribution in [1.29, 1.82) is 0 Å². The fourth-order valence-electron chi connectivity index (χ4n) is 2.48. The maximum Gasteiger partial charge on any atom is 0.264 e. The number of hydrogen-bond donors (Lipinski definition) is 1. The Kier molecular flexibility index (Phi) is 6.95. The standard InChI is InChI=1S/C20H18FIN2O3S/c1-3-26-16-10-12(9-15(22)18(16)27-4-2)11-17-19(25)24-20(28-17)23-14-7-5-13(21)6-8-14/h5-11H,3-4H2,1-2H3,(H,23,24,25)/b17-11+. The van der Waals surface area contributed by atoms with Crippen LogP contribution in [0.3, 0.4) is 0 Å². The molecule has 8 heteroatoms. The molecule has 146 valence electrons. The molecular weight excluding hydrogens is 494 g/mol. The minimum absolute atomic E-state index is 0.229. The van der Waals surface area contributed by atoms with Crippen molar-refractivity contribution in [3.8, 4) is 11.5 Å². The molecule has 0 bridgehead atoms. The highest BCUT2D eigenvalue weighted by atomic mass is 127. The smallest absolute Gasteiger partial charge is 0.264 e. The molecule has 3 rings (SSSR count). The monoisotopic (exact) mass is 512 g/mol. The van der Waals surface area contributed by atoms with E-state index < -0.39 is 0 Å². The Hall–Kier alpha value is -2.07. The number of halogens is 2. The maximum atomic E-state index is 13.0. The molecule has 2 aromatic rings. The highest BCUT2D eigenvalue weighted by Crippen LogP contribution is 2.36. The molecule has 0 unspecified atom stereocenters. The molecule has 1 amide bonds. The maximum absolute atomic E-state index is 13.0. The summed E-state index contributed by atoms with van der Waals surface area (Å²) in [5.41, 5.74) is 1.40. The van der Waals surface area contributed by atoms with Gasteiger partial charge >= 0.3 is 0 Å². The van der Waals surface area contributed by atoms with Gasteiger partial charge in [0.25, 0.3) is 5.91 Å². The Morgan fingerprint density at radius 2 is 1.89 bits per heavy atom. The molecule has 0 atom stereocenters. The first-order chi connectivity index (χ1) is 13.5. The highest BCUT2D eigenvalue weighted by molar-refractivity contribution is 14.1. The first-order valence-corrected chi connectivity index (χ1v) is 10.5. The van der Waals surface area contributed by atoms with Crippen molar-refractivity contribution in [2.45, 2.75) is 13.8 Å². The lowest BCUT2D eigenvalue weighted by Crippen LogP contribution is -2.19. The Balaban J connectivity index is 1.86. The molecule has 1 heterocycles. The topological polar surface area (TPSA) is 59.9 Å². The van der Waals surface area contributed by atoms with E-state index in [9.17, 15) is 9.18 Å². The van der Waals surface area contributed by atoms with Crippen molar-refractivity contribution >= 4 is 57.2 Å². The number of aliphatic imine (C=N–C) groups is 1. The summed E-state index contributed by atoms with van der Waals surface area (Å²) in [6.45, 7) is 4.88. The zero-order chi connectivity index (χ0) is 20.1. The van der Waals surface area contributed by atoms with Crippen LogP contribution in [0.15, 0.2) is 46.3 Å². The number of carbonyl (C=O) groups excluding carboxylic acids is 1. The molecule has 0 saturated carbocycles. The van der Waals surface area contributed by atoms with Crippen LogP contribution in [0, 0.1) is 9.39 Å². The minimum atomic E-state index is -0.331. The van der Waals surface area contributed by atoms with Gasteiger partial charge < -0.3 is 14.8 Å². The van der Waals surface area contributed by atoms with Crippen LogP contribution in [0.1, 0.15) is 19.4 Å². The third kappa shape index (κ3) is 5.05. The number of thioether (sulfide) groups is 1. The third-order valence-corrected chi connectivity index (χ3v) is 5.34. The van der Waals surface area contributed by atoms with Gasteiger partial charge in [-0.25, -0.2) is 9.38 Å². The lowest BCUT2D eigenvalue weighted by molar-refractivity contribution is -0.115. The summed E-state index contributed by atoms with van der Waals surface area (Å²) < 4.78 is 25.3. The third-order valence-electron chi connectivity index (χ3n) is 3.63. The zero-order valence-electron chi connectivity index (χ0n) is 15.3. The summed E-state index contributed by atoms with van der Waals surface area (Å²) in [6.07, 6.45) is 1.79. The molecule has 5 nitrogen and oxygen atoms in total. The van der Waals surface area contributed by atoms with Gasteiger partial charge in [0.15, 0.2) is 16.7 Å². The van der Waals surface area contributed by atoms with Crippen LogP contribution in [0.5, 0.6) is 11.5 Å². The Morgan fingerprint density at radius 3 is 2.57 bits per heavy atom. The van der Waals surface area contributed by atoms with E-state index in [4.69, 9.17) is 9.47 Å². The largest absolute Gasteiger partial charge is 0.490 e. The minimum Gasteiger partial charge on any atom is -0.490 e. The second kappa shape index (κ2) is 9.42. The van der Waals surface area contributed by atoms with Gasteiger partial charge in [-0.2, -0.15) is 0 Å². The van der Waals surface area contributed by atoms with E-state index in [1.807, 2.05) is 26.0 Å². The van der Waals surface area contributed by atoms with Crippen molar-refractivity contribution < 1.29 is 18.7 Å². The molecule has 0 radical (unpaired) electrons. The van der Waals surface area contributed by atoms with Gasteiger partial charge in [-0.1, -0.05) is 0 Å². The van der Waals surface area contributed by atoms with Gasteiger partial charge in [-0.05, 0) is 96.2 Å². The summed E-state index contributed by atoms with van der Waals surface area (Å²) in [6, 6.07) is 9.56.